The molecule has 1 nitrogen and oxygen atoms in total. The zero-order chi connectivity index (χ0) is 13.5. The second-order valence-corrected chi connectivity index (χ2v) is 5.19. The molecule has 0 heterocycles. The Morgan fingerprint density at radius 3 is 2.26 bits per heavy atom. The summed E-state index contributed by atoms with van der Waals surface area (Å²) in [7, 11) is 2.03. The summed E-state index contributed by atoms with van der Waals surface area (Å²) in [5, 5.41) is 3.31. The van der Waals surface area contributed by atoms with E-state index < -0.39 is 0 Å². The minimum absolute atomic E-state index is 0.590. The van der Waals surface area contributed by atoms with Crippen molar-refractivity contribution in [1.82, 2.24) is 5.32 Å². The Kier molecular flexibility index (Phi) is 5.17. The summed E-state index contributed by atoms with van der Waals surface area (Å²) in [5.74, 6) is 0.590. The standard InChI is InChI=1S/C18H23N/c1-15-8-10-16(11-9-15)12-13-18(14-19-2)17-6-4-3-5-7-17/h3-11,18-19H,12-14H2,1-2H3. The second kappa shape index (κ2) is 7.10. The first-order chi connectivity index (χ1) is 9.29. The molecule has 1 N–H and O–H groups in total. The third-order valence-corrected chi connectivity index (χ3v) is 3.62. The van der Waals surface area contributed by atoms with Gasteiger partial charge in [0.1, 0.15) is 0 Å². The van der Waals surface area contributed by atoms with Crippen molar-refractivity contribution in [3.63, 3.8) is 0 Å². The number of likely N-dealkylation sites (N-methyl/N-ethyl adjacent to an activating group) is 1. The fourth-order valence-electron chi connectivity index (χ4n) is 2.45. The minimum Gasteiger partial charge on any atom is -0.319 e. The number of hydrogen-bond donors (Lipinski definition) is 1. The smallest absolute Gasteiger partial charge is 0.00172 e. The van der Waals surface area contributed by atoms with Crippen LogP contribution in [0.4, 0.5) is 0 Å². The highest BCUT2D eigenvalue weighted by Crippen LogP contribution is 2.21. The van der Waals surface area contributed by atoms with Gasteiger partial charge in [-0.25, -0.2) is 0 Å². The molecule has 0 bridgehead atoms. The van der Waals surface area contributed by atoms with Crippen LogP contribution in [-0.2, 0) is 6.42 Å². The molecule has 0 saturated heterocycles. The van der Waals surface area contributed by atoms with E-state index in [1.807, 2.05) is 7.05 Å². The molecule has 0 aromatic heterocycles. The van der Waals surface area contributed by atoms with Crippen LogP contribution in [0.1, 0.15) is 29.0 Å². The molecule has 100 valence electrons. The van der Waals surface area contributed by atoms with Crippen LogP contribution < -0.4 is 5.32 Å². The van der Waals surface area contributed by atoms with Gasteiger partial charge in [0, 0.05) is 6.54 Å². The van der Waals surface area contributed by atoms with Crippen LogP contribution in [0, 0.1) is 6.92 Å². The molecule has 0 aliphatic carbocycles. The Morgan fingerprint density at radius 1 is 0.947 bits per heavy atom. The number of hydrogen-bond acceptors (Lipinski definition) is 1. The molecule has 2 aromatic carbocycles. The second-order valence-electron chi connectivity index (χ2n) is 5.19. The van der Waals surface area contributed by atoms with E-state index in [0.29, 0.717) is 5.92 Å². The lowest BCUT2D eigenvalue weighted by molar-refractivity contribution is 0.584. The summed E-state index contributed by atoms with van der Waals surface area (Å²) in [6.07, 6.45) is 2.33. The summed E-state index contributed by atoms with van der Waals surface area (Å²) >= 11 is 0. The summed E-state index contributed by atoms with van der Waals surface area (Å²) in [5.41, 5.74) is 4.20. The van der Waals surface area contributed by atoms with Crippen LogP contribution in [0.15, 0.2) is 54.6 Å². The highest BCUT2D eigenvalue weighted by Gasteiger charge is 2.10. The Morgan fingerprint density at radius 2 is 1.63 bits per heavy atom. The van der Waals surface area contributed by atoms with Crippen molar-refractivity contribution in [2.24, 2.45) is 0 Å². The van der Waals surface area contributed by atoms with Crippen molar-refractivity contribution < 1.29 is 0 Å². The lowest BCUT2D eigenvalue weighted by Gasteiger charge is -2.17. The predicted octanol–water partition coefficient (Wildman–Crippen LogP) is 3.93. The zero-order valence-electron chi connectivity index (χ0n) is 11.9. The van der Waals surface area contributed by atoms with Gasteiger partial charge in [-0.05, 0) is 43.9 Å². The Hall–Kier alpha value is -1.60. The van der Waals surface area contributed by atoms with E-state index in [1.54, 1.807) is 0 Å². The molecule has 19 heavy (non-hydrogen) atoms. The molecule has 0 aliphatic heterocycles. The van der Waals surface area contributed by atoms with Crippen molar-refractivity contribution >= 4 is 0 Å². The monoisotopic (exact) mass is 253 g/mol. The van der Waals surface area contributed by atoms with E-state index in [0.717, 1.165) is 13.0 Å². The Balaban J connectivity index is 1.99. The molecule has 0 saturated carbocycles. The molecule has 2 rings (SSSR count). The molecular formula is C18H23N. The molecule has 0 aliphatic rings. The first-order valence-electron chi connectivity index (χ1n) is 7.04. The van der Waals surface area contributed by atoms with Crippen molar-refractivity contribution in [1.29, 1.82) is 0 Å². The quantitative estimate of drug-likeness (QED) is 0.822. The zero-order valence-corrected chi connectivity index (χ0v) is 11.9. The average molecular weight is 253 g/mol. The maximum atomic E-state index is 3.31. The van der Waals surface area contributed by atoms with Gasteiger partial charge in [0.05, 0.1) is 0 Å². The fraction of sp³-hybridized carbons (Fsp3) is 0.333. The SMILES string of the molecule is CNCC(CCc1ccc(C)cc1)c1ccccc1. The first-order valence-corrected chi connectivity index (χ1v) is 7.04. The molecule has 2 aromatic rings. The maximum Gasteiger partial charge on any atom is 0.00172 e. The molecule has 1 atom stereocenters. The van der Waals surface area contributed by atoms with Crippen LogP contribution in [-0.4, -0.2) is 13.6 Å². The van der Waals surface area contributed by atoms with Gasteiger partial charge >= 0.3 is 0 Å². The topological polar surface area (TPSA) is 12.0 Å². The highest BCUT2D eigenvalue weighted by atomic mass is 14.8. The summed E-state index contributed by atoms with van der Waals surface area (Å²) < 4.78 is 0. The van der Waals surface area contributed by atoms with Crippen LogP contribution >= 0.6 is 0 Å². The van der Waals surface area contributed by atoms with E-state index in [-0.39, 0.29) is 0 Å². The number of nitrogens with one attached hydrogen (secondary N) is 1. The number of benzene rings is 2. The largest absolute Gasteiger partial charge is 0.319 e. The average Bonchev–Trinajstić information content (AvgIpc) is 2.46. The first kappa shape index (κ1) is 13.8. The Labute approximate surface area is 116 Å². The molecule has 0 spiro atoms. The van der Waals surface area contributed by atoms with Gasteiger partial charge in [-0.3, -0.25) is 0 Å². The van der Waals surface area contributed by atoms with E-state index in [1.165, 1.54) is 23.1 Å². The van der Waals surface area contributed by atoms with Gasteiger partial charge in [-0.2, -0.15) is 0 Å². The van der Waals surface area contributed by atoms with Crippen molar-refractivity contribution in [3.8, 4) is 0 Å². The summed E-state index contributed by atoms with van der Waals surface area (Å²) in [6, 6.07) is 19.7. The molecular weight excluding hydrogens is 230 g/mol. The van der Waals surface area contributed by atoms with E-state index in [2.05, 4.69) is 66.8 Å². The van der Waals surface area contributed by atoms with E-state index >= 15 is 0 Å². The van der Waals surface area contributed by atoms with E-state index in [9.17, 15) is 0 Å². The van der Waals surface area contributed by atoms with Gasteiger partial charge in [0.2, 0.25) is 0 Å². The lowest BCUT2D eigenvalue weighted by atomic mass is 9.92. The van der Waals surface area contributed by atoms with Gasteiger partial charge in [-0.1, -0.05) is 60.2 Å². The van der Waals surface area contributed by atoms with Crippen LogP contribution in [0.2, 0.25) is 0 Å². The molecule has 1 unspecified atom stereocenters. The van der Waals surface area contributed by atoms with Crippen molar-refractivity contribution in [2.75, 3.05) is 13.6 Å². The highest BCUT2D eigenvalue weighted by molar-refractivity contribution is 5.23. The fourth-order valence-corrected chi connectivity index (χ4v) is 2.45. The molecule has 0 fully saturated rings. The normalized spacial score (nSPS) is 12.3. The maximum absolute atomic E-state index is 3.31. The number of aryl methyl sites for hydroxylation is 2. The van der Waals surface area contributed by atoms with Crippen LogP contribution in [0.5, 0.6) is 0 Å². The van der Waals surface area contributed by atoms with Gasteiger partial charge in [-0.15, -0.1) is 0 Å². The third-order valence-electron chi connectivity index (χ3n) is 3.62. The Bertz CT molecular complexity index is 473. The predicted molar refractivity (Wildman–Crippen MR) is 82.6 cm³/mol. The van der Waals surface area contributed by atoms with Gasteiger partial charge < -0.3 is 5.32 Å². The van der Waals surface area contributed by atoms with Crippen molar-refractivity contribution in [2.45, 2.75) is 25.7 Å². The third kappa shape index (κ3) is 4.22. The van der Waals surface area contributed by atoms with E-state index in [4.69, 9.17) is 0 Å². The van der Waals surface area contributed by atoms with Crippen LogP contribution in [0.25, 0.3) is 0 Å². The lowest BCUT2D eigenvalue weighted by Crippen LogP contribution is -2.17. The molecule has 0 amide bonds. The molecule has 1 heteroatoms. The minimum atomic E-state index is 0.590. The summed E-state index contributed by atoms with van der Waals surface area (Å²) in [4.78, 5) is 0. The van der Waals surface area contributed by atoms with Gasteiger partial charge in [0.15, 0.2) is 0 Å². The molecule has 0 radical (unpaired) electrons. The van der Waals surface area contributed by atoms with Gasteiger partial charge in [0.25, 0.3) is 0 Å². The van der Waals surface area contributed by atoms with Crippen LogP contribution in [0.3, 0.4) is 0 Å². The summed E-state index contributed by atoms with van der Waals surface area (Å²) in [6.45, 7) is 3.17. The van der Waals surface area contributed by atoms with Crippen molar-refractivity contribution in [3.05, 3.63) is 71.3 Å². The number of rotatable bonds is 6.